The molecular formula is C11H15N3O2. The van der Waals surface area contributed by atoms with Gasteiger partial charge in [-0.3, -0.25) is 0 Å². The van der Waals surface area contributed by atoms with Crippen molar-refractivity contribution in [3.63, 3.8) is 0 Å². The van der Waals surface area contributed by atoms with E-state index in [0.717, 1.165) is 19.4 Å². The molecule has 5 heteroatoms. The average Bonchev–Trinajstić information content (AvgIpc) is 2.78. The molecule has 0 aliphatic carbocycles. The minimum Gasteiger partial charge on any atom is -0.353 e. The third-order valence-corrected chi connectivity index (χ3v) is 2.59. The van der Waals surface area contributed by atoms with Crippen molar-refractivity contribution >= 4 is 0 Å². The van der Waals surface area contributed by atoms with Crippen molar-refractivity contribution in [1.82, 2.24) is 9.55 Å². The molecule has 1 saturated heterocycles. The number of imidazole rings is 1. The van der Waals surface area contributed by atoms with Crippen molar-refractivity contribution in [2.75, 3.05) is 13.2 Å². The van der Waals surface area contributed by atoms with Gasteiger partial charge in [-0.1, -0.05) is 0 Å². The fourth-order valence-corrected chi connectivity index (χ4v) is 1.73. The smallest absolute Gasteiger partial charge is 0.212 e. The highest BCUT2D eigenvalue weighted by Crippen LogP contribution is 2.13. The predicted octanol–water partition coefficient (Wildman–Crippen LogP) is 1.30. The molecule has 0 spiro atoms. The Morgan fingerprint density at radius 1 is 1.62 bits per heavy atom. The highest BCUT2D eigenvalue weighted by Gasteiger charge is 2.13. The zero-order valence-electron chi connectivity index (χ0n) is 9.13. The fraction of sp³-hybridized carbons (Fsp3) is 0.636. The van der Waals surface area contributed by atoms with Gasteiger partial charge in [-0.25, -0.2) is 4.98 Å². The molecule has 1 fully saturated rings. The average molecular weight is 221 g/mol. The van der Waals surface area contributed by atoms with Crippen LogP contribution in [0.5, 0.6) is 0 Å². The van der Waals surface area contributed by atoms with Crippen LogP contribution >= 0.6 is 0 Å². The Morgan fingerprint density at radius 2 is 2.56 bits per heavy atom. The van der Waals surface area contributed by atoms with E-state index in [2.05, 4.69) is 4.98 Å². The summed E-state index contributed by atoms with van der Waals surface area (Å²) in [6, 6.07) is 2.03. The van der Waals surface area contributed by atoms with Gasteiger partial charge in [0, 0.05) is 25.5 Å². The minimum atomic E-state index is -0.0668. The van der Waals surface area contributed by atoms with Gasteiger partial charge in [-0.2, -0.15) is 5.26 Å². The largest absolute Gasteiger partial charge is 0.353 e. The lowest BCUT2D eigenvalue weighted by Crippen LogP contribution is -2.24. The summed E-state index contributed by atoms with van der Waals surface area (Å²) in [6.07, 6.45) is 6.59. The third-order valence-electron chi connectivity index (χ3n) is 2.59. The summed E-state index contributed by atoms with van der Waals surface area (Å²) >= 11 is 0. The number of ether oxygens (including phenoxy) is 2. The van der Waals surface area contributed by atoms with Crippen LogP contribution in [0.15, 0.2) is 12.4 Å². The zero-order chi connectivity index (χ0) is 11.2. The second kappa shape index (κ2) is 5.64. The number of hydrogen-bond acceptors (Lipinski definition) is 4. The summed E-state index contributed by atoms with van der Waals surface area (Å²) < 4.78 is 12.8. The highest BCUT2D eigenvalue weighted by molar-refractivity contribution is 5.10. The van der Waals surface area contributed by atoms with Crippen molar-refractivity contribution < 1.29 is 9.47 Å². The Kier molecular flexibility index (Phi) is 3.91. The number of nitriles is 1. The Morgan fingerprint density at radius 3 is 3.31 bits per heavy atom. The number of hydrogen-bond donors (Lipinski definition) is 0. The van der Waals surface area contributed by atoms with Gasteiger partial charge in [0.25, 0.3) is 0 Å². The summed E-state index contributed by atoms with van der Waals surface area (Å²) in [4.78, 5) is 3.92. The molecule has 1 aliphatic heterocycles. The van der Waals surface area contributed by atoms with E-state index < -0.39 is 0 Å². The quantitative estimate of drug-likeness (QED) is 0.768. The molecule has 16 heavy (non-hydrogen) atoms. The van der Waals surface area contributed by atoms with Crippen molar-refractivity contribution in [2.24, 2.45) is 0 Å². The number of aromatic nitrogens is 2. The first-order chi connectivity index (χ1) is 7.90. The lowest BCUT2D eigenvalue weighted by molar-refractivity contribution is -0.163. The fourth-order valence-electron chi connectivity index (χ4n) is 1.73. The van der Waals surface area contributed by atoms with Crippen LogP contribution < -0.4 is 0 Å². The Labute approximate surface area is 94.6 Å². The second-order valence-corrected chi connectivity index (χ2v) is 3.72. The van der Waals surface area contributed by atoms with Crippen molar-refractivity contribution in [2.45, 2.75) is 32.1 Å². The van der Waals surface area contributed by atoms with Crippen LogP contribution in [0.2, 0.25) is 0 Å². The zero-order valence-corrected chi connectivity index (χ0v) is 9.13. The summed E-state index contributed by atoms with van der Waals surface area (Å²) in [5, 5.41) is 8.76. The molecule has 0 N–H and O–H groups in total. The van der Waals surface area contributed by atoms with Gasteiger partial charge in [0.05, 0.1) is 6.61 Å². The highest BCUT2D eigenvalue weighted by atomic mass is 16.7. The summed E-state index contributed by atoms with van der Waals surface area (Å²) in [5.74, 6) is 0.424. The van der Waals surface area contributed by atoms with Crippen molar-refractivity contribution in [1.29, 1.82) is 5.26 Å². The van der Waals surface area contributed by atoms with Gasteiger partial charge in [0.2, 0.25) is 5.82 Å². The molecule has 0 amide bonds. The number of rotatable bonds is 4. The molecule has 0 unspecified atom stereocenters. The van der Waals surface area contributed by atoms with E-state index in [1.165, 1.54) is 6.42 Å². The Bertz CT molecular complexity index is 364. The molecule has 1 aromatic rings. The van der Waals surface area contributed by atoms with E-state index >= 15 is 0 Å². The van der Waals surface area contributed by atoms with E-state index in [1.807, 2.05) is 6.07 Å². The summed E-state index contributed by atoms with van der Waals surface area (Å²) in [5.41, 5.74) is 0. The van der Waals surface area contributed by atoms with Crippen LogP contribution in [-0.2, 0) is 16.0 Å². The monoisotopic (exact) mass is 221 g/mol. The number of nitrogens with zero attached hydrogens (tertiary/aromatic N) is 3. The third kappa shape index (κ3) is 2.81. The maximum atomic E-state index is 8.76. The van der Waals surface area contributed by atoms with Gasteiger partial charge in [0.1, 0.15) is 6.07 Å². The molecule has 2 heterocycles. The van der Waals surface area contributed by atoms with E-state index in [-0.39, 0.29) is 6.29 Å². The van der Waals surface area contributed by atoms with E-state index in [1.54, 1.807) is 17.0 Å². The van der Waals surface area contributed by atoms with E-state index in [9.17, 15) is 0 Å². The summed E-state index contributed by atoms with van der Waals surface area (Å²) in [6.45, 7) is 1.98. The molecule has 1 aliphatic rings. The van der Waals surface area contributed by atoms with Gasteiger partial charge in [-0.15, -0.1) is 0 Å². The molecule has 86 valence electrons. The van der Waals surface area contributed by atoms with Gasteiger partial charge in [-0.05, 0) is 19.3 Å². The molecule has 2 rings (SSSR count). The van der Waals surface area contributed by atoms with E-state index in [0.29, 0.717) is 19.0 Å². The van der Waals surface area contributed by atoms with Crippen molar-refractivity contribution in [3.05, 3.63) is 18.2 Å². The standard InChI is InChI=1S/C11H15N3O2/c12-9-10-13-4-5-14(10)6-8-16-11-3-1-2-7-15-11/h4-5,11H,1-3,6-8H2/t11-/m0/s1. The lowest BCUT2D eigenvalue weighted by atomic mass is 10.2. The first-order valence-electron chi connectivity index (χ1n) is 5.54. The first-order valence-corrected chi connectivity index (χ1v) is 5.54. The SMILES string of the molecule is N#Cc1nccn1CCO[C@H]1CCCCO1. The van der Waals surface area contributed by atoms with Crippen LogP contribution in [0.3, 0.4) is 0 Å². The molecule has 5 nitrogen and oxygen atoms in total. The van der Waals surface area contributed by atoms with Crippen LogP contribution in [0.1, 0.15) is 25.1 Å². The Balaban J connectivity index is 1.73. The second-order valence-electron chi connectivity index (χ2n) is 3.72. The van der Waals surface area contributed by atoms with Gasteiger partial charge < -0.3 is 14.0 Å². The molecule has 0 radical (unpaired) electrons. The normalized spacial score (nSPS) is 20.6. The molecule has 0 bridgehead atoms. The predicted molar refractivity (Wildman–Crippen MR) is 56.5 cm³/mol. The van der Waals surface area contributed by atoms with Crippen LogP contribution in [0.4, 0.5) is 0 Å². The summed E-state index contributed by atoms with van der Waals surface area (Å²) in [7, 11) is 0. The Hall–Kier alpha value is -1.38. The van der Waals surface area contributed by atoms with Crippen LogP contribution in [0.25, 0.3) is 0 Å². The van der Waals surface area contributed by atoms with Gasteiger partial charge >= 0.3 is 0 Å². The molecule has 0 saturated carbocycles. The first kappa shape index (κ1) is 11.1. The molecular weight excluding hydrogens is 206 g/mol. The van der Waals surface area contributed by atoms with Crippen molar-refractivity contribution in [3.8, 4) is 6.07 Å². The molecule has 0 aromatic carbocycles. The van der Waals surface area contributed by atoms with Crippen LogP contribution in [0, 0.1) is 11.3 Å². The maximum absolute atomic E-state index is 8.76. The van der Waals surface area contributed by atoms with Gasteiger partial charge in [0.15, 0.2) is 6.29 Å². The molecule has 1 aromatic heterocycles. The van der Waals surface area contributed by atoms with E-state index in [4.69, 9.17) is 14.7 Å². The van der Waals surface area contributed by atoms with Crippen LogP contribution in [-0.4, -0.2) is 29.1 Å². The topological polar surface area (TPSA) is 60.1 Å². The maximum Gasteiger partial charge on any atom is 0.212 e. The molecule has 1 atom stereocenters. The minimum absolute atomic E-state index is 0.0668. The lowest BCUT2D eigenvalue weighted by Gasteiger charge is -2.22.